The molecule has 0 spiro atoms. The first kappa shape index (κ1) is 19.8. The van der Waals surface area contributed by atoms with Crippen LogP contribution in [0.15, 0.2) is 53.4 Å². The molecule has 0 saturated heterocycles. The maximum absolute atomic E-state index is 13.7. The number of hydrogen-bond donors (Lipinski definition) is 2. The molecule has 2 N–H and O–H groups in total. The largest absolute Gasteiger partial charge is 0.487 e. The van der Waals surface area contributed by atoms with Crippen LogP contribution in [0.4, 0.5) is 19.3 Å². The maximum atomic E-state index is 13.7. The lowest BCUT2D eigenvalue weighted by atomic mass is 10.1. The Bertz CT molecular complexity index is 915. The van der Waals surface area contributed by atoms with E-state index in [-0.39, 0.29) is 12.0 Å². The van der Waals surface area contributed by atoms with Crippen LogP contribution in [0.3, 0.4) is 0 Å². The van der Waals surface area contributed by atoms with E-state index in [1.54, 1.807) is 36.7 Å². The number of anilines is 1. The van der Waals surface area contributed by atoms with Gasteiger partial charge in [0.2, 0.25) is 0 Å². The molecule has 0 aliphatic carbocycles. The van der Waals surface area contributed by atoms with E-state index in [0.717, 1.165) is 5.69 Å². The summed E-state index contributed by atoms with van der Waals surface area (Å²) in [5.41, 5.74) is 3.05. The van der Waals surface area contributed by atoms with Crippen molar-refractivity contribution in [1.29, 1.82) is 0 Å². The summed E-state index contributed by atoms with van der Waals surface area (Å²) < 4.78 is 33.1. The number of thiazole rings is 1. The molecule has 0 saturated carbocycles. The number of carbonyl (C=O) groups is 1. The summed E-state index contributed by atoms with van der Waals surface area (Å²) >= 11 is 1.49. The number of carbonyl (C=O) groups excluding carboxylic acids is 1. The minimum atomic E-state index is -0.626. The van der Waals surface area contributed by atoms with Gasteiger partial charge in [-0.1, -0.05) is 12.1 Å². The molecule has 5 nitrogen and oxygen atoms in total. The Morgan fingerprint density at radius 1 is 1.21 bits per heavy atom. The highest BCUT2D eigenvalue weighted by Gasteiger charge is 2.14. The van der Waals surface area contributed by atoms with Crippen LogP contribution in [0.5, 0.6) is 5.75 Å². The highest BCUT2D eigenvalue weighted by Crippen LogP contribution is 2.19. The second kappa shape index (κ2) is 9.27. The summed E-state index contributed by atoms with van der Waals surface area (Å²) in [6.45, 7) is 2.02. The molecule has 0 radical (unpaired) electrons. The maximum Gasteiger partial charge on any atom is 0.319 e. The molecule has 28 heavy (non-hydrogen) atoms. The van der Waals surface area contributed by atoms with Crippen molar-refractivity contribution in [2.24, 2.45) is 0 Å². The van der Waals surface area contributed by atoms with Gasteiger partial charge in [-0.25, -0.2) is 18.6 Å². The molecule has 146 valence electrons. The molecule has 3 aromatic rings. The zero-order chi connectivity index (χ0) is 19.9. The van der Waals surface area contributed by atoms with Crippen molar-refractivity contribution >= 4 is 23.1 Å². The predicted molar refractivity (Wildman–Crippen MR) is 105 cm³/mol. The molecule has 0 aliphatic heterocycles. The fourth-order valence-electron chi connectivity index (χ4n) is 2.61. The average molecular weight is 403 g/mol. The van der Waals surface area contributed by atoms with Crippen LogP contribution in [-0.2, 0) is 13.0 Å². The SMILES string of the molecule is CC(Cc1c(F)cccc1F)NC(=O)Nc1cccc(OCc2cscn2)c1. The number of amides is 2. The number of nitrogens with zero attached hydrogens (tertiary/aromatic N) is 1. The van der Waals surface area contributed by atoms with Crippen LogP contribution in [0, 0.1) is 11.6 Å². The van der Waals surface area contributed by atoms with Crippen LogP contribution in [0.1, 0.15) is 18.2 Å². The molecule has 0 fully saturated rings. The molecule has 1 aromatic heterocycles. The van der Waals surface area contributed by atoms with Gasteiger partial charge >= 0.3 is 6.03 Å². The first-order valence-corrected chi connectivity index (χ1v) is 9.56. The highest BCUT2D eigenvalue weighted by atomic mass is 32.1. The summed E-state index contributed by atoms with van der Waals surface area (Å²) in [6, 6.07) is 9.70. The molecule has 3 rings (SSSR count). The fourth-order valence-corrected chi connectivity index (χ4v) is 3.15. The van der Waals surface area contributed by atoms with Gasteiger partial charge in [0.25, 0.3) is 0 Å². The topological polar surface area (TPSA) is 63.2 Å². The lowest BCUT2D eigenvalue weighted by molar-refractivity contribution is 0.249. The molecular formula is C20H19F2N3O2S. The molecular weight excluding hydrogens is 384 g/mol. The van der Waals surface area contributed by atoms with Crippen molar-refractivity contribution in [2.75, 3.05) is 5.32 Å². The standard InChI is InChI=1S/C20H19F2N3O2S/c1-13(8-17-18(21)6-3-7-19(17)22)24-20(26)25-14-4-2-5-16(9-14)27-10-15-11-28-12-23-15/h2-7,9,11-13H,8,10H2,1H3,(H2,24,25,26). The smallest absolute Gasteiger partial charge is 0.319 e. The Kier molecular flexibility index (Phi) is 6.54. The van der Waals surface area contributed by atoms with Gasteiger partial charge in [0.1, 0.15) is 24.0 Å². The van der Waals surface area contributed by atoms with Gasteiger partial charge in [0.05, 0.1) is 11.2 Å². The summed E-state index contributed by atoms with van der Waals surface area (Å²) in [7, 11) is 0. The lowest BCUT2D eigenvalue weighted by Gasteiger charge is -2.16. The third-order valence-electron chi connectivity index (χ3n) is 3.91. The molecule has 8 heteroatoms. The van der Waals surface area contributed by atoms with Crippen LogP contribution >= 0.6 is 11.3 Å². The van der Waals surface area contributed by atoms with Gasteiger partial charge in [0, 0.05) is 28.7 Å². The van der Waals surface area contributed by atoms with Crippen molar-refractivity contribution in [1.82, 2.24) is 10.3 Å². The van der Waals surface area contributed by atoms with Crippen molar-refractivity contribution in [2.45, 2.75) is 26.0 Å². The number of aromatic nitrogens is 1. The molecule has 1 atom stereocenters. The number of hydrogen-bond acceptors (Lipinski definition) is 4. The number of urea groups is 1. The summed E-state index contributed by atoms with van der Waals surface area (Å²) in [4.78, 5) is 16.3. The Labute approximate surface area is 165 Å². The van der Waals surface area contributed by atoms with Crippen LogP contribution in [0.25, 0.3) is 0 Å². The first-order chi connectivity index (χ1) is 13.5. The van der Waals surface area contributed by atoms with Gasteiger partial charge < -0.3 is 15.4 Å². The molecule has 0 bridgehead atoms. The van der Waals surface area contributed by atoms with Gasteiger partial charge in [-0.05, 0) is 37.6 Å². The van der Waals surface area contributed by atoms with Crippen molar-refractivity contribution in [3.05, 3.63) is 76.2 Å². The van der Waals surface area contributed by atoms with Crippen molar-refractivity contribution in [3.8, 4) is 5.75 Å². The minimum Gasteiger partial charge on any atom is -0.487 e. The van der Waals surface area contributed by atoms with E-state index in [0.29, 0.717) is 18.0 Å². The van der Waals surface area contributed by atoms with E-state index in [1.807, 2.05) is 5.38 Å². The highest BCUT2D eigenvalue weighted by molar-refractivity contribution is 7.07. The molecule has 1 unspecified atom stereocenters. The monoisotopic (exact) mass is 403 g/mol. The van der Waals surface area contributed by atoms with E-state index < -0.39 is 23.7 Å². The quantitative estimate of drug-likeness (QED) is 0.598. The van der Waals surface area contributed by atoms with Gasteiger partial charge in [0.15, 0.2) is 0 Å². The number of halogens is 2. The van der Waals surface area contributed by atoms with Crippen LogP contribution < -0.4 is 15.4 Å². The third kappa shape index (κ3) is 5.50. The zero-order valence-corrected chi connectivity index (χ0v) is 15.9. The second-order valence-corrected chi connectivity index (χ2v) is 6.92. The fraction of sp³-hybridized carbons (Fsp3) is 0.200. The van der Waals surface area contributed by atoms with E-state index >= 15 is 0 Å². The van der Waals surface area contributed by atoms with Crippen LogP contribution in [-0.4, -0.2) is 17.1 Å². The lowest BCUT2D eigenvalue weighted by Crippen LogP contribution is -2.37. The Morgan fingerprint density at radius 3 is 2.68 bits per heavy atom. The van der Waals surface area contributed by atoms with E-state index in [9.17, 15) is 13.6 Å². The Balaban J connectivity index is 1.53. The number of rotatable bonds is 7. The number of nitrogens with one attached hydrogen (secondary N) is 2. The zero-order valence-electron chi connectivity index (χ0n) is 15.1. The van der Waals surface area contributed by atoms with E-state index in [2.05, 4.69) is 15.6 Å². The molecule has 2 amide bonds. The van der Waals surface area contributed by atoms with Crippen LogP contribution in [0.2, 0.25) is 0 Å². The number of ether oxygens (including phenoxy) is 1. The number of benzene rings is 2. The van der Waals surface area contributed by atoms with Crippen molar-refractivity contribution in [3.63, 3.8) is 0 Å². The van der Waals surface area contributed by atoms with E-state index in [1.165, 1.54) is 29.5 Å². The first-order valence-electron chi connectivity index (χ1n) is 8.61. The predicted octanol–water partition coefficient (Wildman–Crippen LogP) is 4.75. The molecule has 1 heterocycles. The Morgan fingerprint density at radius 2 is 1.96 bits per heavy atom. The van der Waals surface area contributed by atoms with Gasteiger partial charge in [-0.15, -0.1) is 11.3 Å². The van der Waals surface area contributed by atoms with Gasteiger partial charge in [-0.2, -0.15) is 0 Å². The summed E-state index contributed by atoms with van der Waals surface area (Å²) in [5.74, 6) is -0.662. The normalized spacial score (nSPS) is 11.7. The Hall–Kier alpha value is -3.00. The summed E-state index contributed by atoms with van der Waals surface area (Å²) in [5, 5.41) is 7.26. The second-order valence-electron chi connectivity index (χ2n) is 6.20. The average Bonchev–Trinajstić information content (AvgIpc) is 3.17. The van der Waals surface area contributed by atoms with Crippen molar-refractivity contribution < 1.29 is 18.3 Å². The minimum absolute atomic E-state index is 0.0444. The molecule has 2 aromatic carbocycles. The summed E-state index contributed by atoms with van der Waals surface area (Å²) in [6.07, 6.45) is 0.0444. The van der Waals surface area contributed by atoms with E-state index in [4.69, 9.17) is 4.74 Å². The molecule has 0 aliphatic rings. The van der Waals surface area contributed by atoms with Gasteiger partial charge in [-0.3, -0.25) is 0 Å². The third-order valence-corrected chi connectivity index (χ3v) is 4.55.